The van der Waals surface area contributed by atoms with Crippen molar-refractivity contribution in [2.24, 2.45) is 0 Å². The number of carbonyl (C=O) groups excluding carboxylic acids is 1. The van der Waals surface area contributed by atoms with Gasteiger partial charge in [-0.15, -0.1) is 5.10 Å². The molecule has 2 aromatic heterocycles. The maximum absolute atomic E-state index is 12.3. The first-order valence-electron chi connectivity index (χ1n) is 7.93. The predicted molar refractivity (Wildman–Crippen MR) is 97.5 cm³/mol. The molecule has 3 rings (SSSR count). The Balaban J connectivity index is 1.59. The first kappa shape index (κ1) is 18.0. The van der Waals surface area contributed by atoms with Gasteiger partial charge in [0.1, 0.15) is 0 Å². The summed E-state index contributed by atoms with van der Waals surface area (Å²) >= 11 is 1.29. The van der Waals surface area contributed by atoms with Crippen LogP contribution in [0.5, 0.6) is 11.5 Å². The predicted octanol–water partition coefficient (Wildman–Crippen LogP) is 1.94. The SMILES string of the molecule is COc1ccc(CNC(=O)[C@@H](C)Sc2nc3ncccn3n2)cc1OC. The van der Waals surface area contributed by atoms with E-state index in [1.165, 1.54) is 11.8 Å². The van der Waals surface area contributed by atoms with Crippen LogP contribution in [0.15, 0.2) is 41.8 Å². The Kier molecular flexibility index (Phi) is 5.57. The summed E-state index contributed by atoms with van der Waals surface area (Å²) in [5.74, 6) is 1.69. The maximum Gasteiger partial charge on any atom is 0.253 e. The lowest BCUT2D eigenvalue weighted by atomic mass is 10.2. The van der Waals surface area contributed by atoms with Gasteiger partial charge in [-0.1, -0.05) is 17.8 Å². The highest BCUT2D eigenvalue weighted by molar-refractivity contribution is 8.00. The Hall–Kier alpha value is -2.81. The summed E-state index contributed by atoms with van der Waals surface area (Å²) in [6, 6.07) is 7.31. The number of carbonyl (C=O) groups is 1. The molecule has 1 N–H and O–H groups in total. The summed E-state index contributed by atoms with van der Waals surface area (Å²) in [5.41, 5.74) is 0.920. The van der Waals surface area contributed by atoms with Gasteiger partial charge in [-0.3, -0.25) is 4.79 Å². The molecule has 0 unspecified atom stereocenters. The van der Waals surface area contributed by atoms with E-state index < -0.39 is 0 Å². The minimum Gasteiger partial charge on any atom is -0.493 e. The number of benzene rings is 1. The van der Waals surface area contributed by atoms with Crippen molar-refractivity contribution in [3.63, 3.8) is 0 Å². The summed E-state index contributed by atoms with van der Waals surface area (Å²) in [6.07, 6.45) is 3.42. The van der Waals surface area contributed by atoms with Crippen molar-refractivity contribution in [2.45, 2.75) is 23.9 Å². The fraction of sp³-hybridized carbons (Fsp3) is 0.294. The van der Waals surface area contributed by atoms with Crippen LogP contribution >= 0.6 is 11.8 Å². The van der Waals surface area contributed by atoms with Gasteiger partial charge < -0.3 is 14.8 Å². The molecule has 8 nitrogen and oxygen atoms in total. The molecular weight excluding hydrogens is 354 g/mol. The molecule has 0 aliphatic rings. The number of aromatic nitrogens is 4. The molecule has 3 aromatic rings. The van der Waals surface area contributed by atoms with Gasteiger partial charge in [0.05, 0.1) is 19.5 Å². The number of hydrogen-bond donors (Lipinski definition) is 1. The summed E-state index contributed by atoms with van der Waals surface area (Å²) in [6.45, 7) is 2.21. The van der Waals surface area contributed by atoms with Gasteiger partial charge in [0.15, 0.2) is 11.5 Å². The van der Waals surface area contributed by atoms with Crippen molar-refractivity contribution in [1.29, 1.82) is 0 Å². The average molecular weight is 373 g/mol. The smallest absolute Gasteiger partial charge is 0.253 e. The van der Waals surface area contributed by atoms with Gasteiger partial charge in [0, 0.05) is 18.9 Å². The fourth-order valence-corrected chi connectivity index (χ4v) is 3.07. The van der Waals surface area contributed by atoms with Crippen LogP contribution in [0.25, 0.3) is 5.78 Å². The summed E-state index contributed by atoms with van der Waals surface area (Å²) in [5, 5.41) is 7.37. The monoisotopic (exact) mass is 373 g/mol. The van der Waals surface area contributed by atoms with E-state index in [1.807, 2.05) is 25.1 Å². The van der Waals surface area contributed by atoms with Crippen molar-refractivity contribution in [1.82, 2.24) is 24.9 Å². The van der Waals surface area contributed by atoms with Gasteiger partial charge in [0.2, 0.25) is 11.1 Å². The normalized spacial score (nSPS) is 12.0. The Morgan fingerprint density at radius 3 is 2.85 bits per heavy atom. The number of rotatable bonds is 7. The summed E-state index contributed by atoms with van der Waals surface area (Å²) in [7, 11) is 3.16. The minimum absolute atomic E-state index is 0.100. The highest BCUT2D eigenvalue weighted by Crippen LogP contribution is 2.27. The topological polar surface area (TPSA) is 90.6 Å². The molecule has 2 heterocycles. The molecule has 0 radical (unpaired) electrons. The van der Waals surface area contributed by atoms with Crippen molar-refractivity contribution in [3.8, 4) is 11.5 Å². The largest absolute Gasteiger partial charge is 0.493 e. The zero-order valence-corrected chi connectivity index (χ0v) is 15.5. The van der Waals surface area contributed by atoms with Crippen LogP contribution in [0.1, 0.15) is 12.5 Å². The highest BCUT2D eigenvalue weighted by Gasteiger charge is 2.17. The van der Waals surface area contributed by atoms with E-state index >= 15 is 0 Å². The number of amides is 1. The Labute approximate surface area is 154 Å². The lowest BCUT2D eigenvalue weighted by Crippen LogP contribution is -2.30. The quantitative estimate of drug-likeness (QED) is 0.633. The van der Waals surface area contributed by atoms with E-state index in [4.69, 9.17) is 9.47 Å². The first-order chi connectivity index (χ1) is 12.6. The molecule has 26 heavy (non-hydrogen) atoms. The Morgan fingerprint density at radius 1 is 1.31 bits per heavy atom. The van der Waals surface area contributed by atoms with Crippen molar-refractivity contribution in [3.05, 3.63) is 42.2 Å². The van der Waals surface area contributed by atoms with Crippen LogP contribution in [0.3, 0.4) is 0 Å². The van der Waals surface area contributed by atoms with Crippen LogP contribution in [0.4, 0.5) is 0 Å². The number of fused-ring (bicyclic) bond motifs is 1. The number of nitrogens with zero attached hydrogens (tertiary/aromatic N) is 4. The van der Waals surface area contributed by atoms with Gasteiger partial charge >= 0.3 is 0 Å². The molecule has 0 aliphatic heterocycles. The standard InChI is InChI=1S/C17H19N5O3S/c1-11(26-17-20-16-18-7-4-8-22(16)21-17)15(23)19-10-12-5-6-13(24-2)14(9-12)25-3/h4-9,11H,10H2,1-3H3,(H,19,23)/t11-/m1/s1. The second kappa shape index (κ2) is 8.05. The molecular formula is C17H19N5O3S. The Morgan fingerprint density at radius 2 is 2.12 bits per heavy atom. The molecule has 0 spiro atoms. The second-order valence-corrected chi connectivity index (χ2v) is 6.73. The van der Waals surface area contributed by atoms with Crippen molar-refractivity contribution < 1.29 is 14.3 Å². The number of hydrogen-bond acceptors (Lipinski definition) is 7. The third-order valence-corrected chi connectivity index (χ3v) is 4.61. The molecule has 0 aliphatic carbocycles. The molecule has 136 valence electrons. The highest BCUT2D eigenvalue weighted by atomic mass is 32.2. The van der Waals surface area contributed by atoms with Crippen molar-refractivity contribution in [2.75, 3.05) is 14.2 Å². The first-order valence-corrected chi connectivity index (χ1v) is 8.81. The van der Waals surface area contributed by atoms with E-state index in [9.17, 15) is 4.79 Å². The second-order valence-electron chi connectivity index (χ2n) is 5.43. The van der Waals surface area contributed by atoms with Crippen LogP contribution < -0.4 is 14.8 Å². The average Bonchev–Trinajstić information content (AvgIpc) is 3.07. The molecule has 1 amide bonds. The lowest BCUT2D eigenvalue weighted by molar-refractivity contribution is -0.120. The third-order valence-electron chi connectivity index (χ3n) is 3.66. The molecule has 9 heteroatoms. The number of ether oxygens (including phenoxy) is 2. The number of thioether (sulfide) groups is 1. The van der Waals surface area contributed by atoms with Gasteiger partial charge in [-0.25, -0.2) is 9.50 Å². The molecule has 1 aromatic carbocycles. The molecule has 0 bridgehead atoms. The summed E-state index contributed by atoms with van der Waals surface area (Å²) < 4.78 is 12.1. The van der Waals surface area contributed by atoms with E-state index in [-0.39, 0.29) is 11.2 Å². The van der Waals surface area contributed by atoms with Gasteiger partial charge in [-0.2, -0.15) is 4.98 Å². The zero-order valence-electron chi connectivity index (χ0n) is 14.7. The molecule has 0 fully saturated rings. The fourth-order valence-electron chi connectivity index (χ4n) is 2.30. The van der Waals surface area contributed by atoms with Gasteiger partial charge in [-0.05, 0) is 30.7 Å². The number of nitrogens with one attached hydrogen (secondary N) is 1. The van der Waals surface area contributed by atoms with E-state index in [1.54, 1.807) is 37.2 Å². The Bertz CT molecular complexity index is 881. The van der Waals surface area contributed by atoms with Crippen LogP contribution in [0, 0.1) is 0 Å². The molecule has 1 atom stereocenters. The van der Waals surface area contributed by atoms with Crippen molar-refractivity contribution >= 4 is 23.4 Å². The minimum atomic E-state index is -0.340. The molecule has 0 saturated carbocycles. The lowest BCUT2D eigenvalue weighted by Gasteiger charge is -2.12. The third kappa shape index (κ3) is 4.05. The van der Waals surface area contributed by atoms with Gasteiger partial charge in [0.25, 0.3) is 5.78 Å². The van der Waals surface area contributed by atoms with E-state index in [0.717, 1.165) is 5.56 Å². The maximum atomic E-state index is 12.3. The van der Waals surface area contributed by atoms with Crippen LogP contribution in [0.2, 0.25) is 0 Å². The van der Waals surface area contributed by atoms with Crippen LogP contribution in [-0.2, 0) is 11.3 Å². The van der Waals surface area contributed by atoms with E-state index in [0.29, 0.717) is 29.0 Å². The molecule has 0 saturated heterocycles. The van der Waals surface area contributed by atoms with E-state index in [2.05, 4.69) is 20.4 Å². The summed E-state index contributed by atoms with van der Waals surface area (Å²) in [4.78, 5) is 20.7. The number of methoxy groups -OCH3 is 2. The van der Waals surface area contributed by atoms with Crippen LogP contribution in [-0.4, -0.2) is 45.0 Å². The zero-order chi connectivity index (χ0) is 18.5.